The highest BCUT2D eigenvalue weighted by Crippen LogP contribution is 2.26. The van der Waals surface area contributed by atoms with Crippen molar-refractivity contribution >= 4 is 11.9 Å². The second kappa shape index (κ2) is 5.14. The topological polar surface area (TPSA) is 66.8 Å². The van der Waals surface area contributed by atoms with E-state index < -0.39 is 5.97 Å². The standard InChI is InChI=1S/C14H15NO4/c1-9-12(14(17)18)7-13(16)15(9)8-10-3-5-11(19-2)6-4-10/h3-6H,7-8H2,1-2H3,(H,17,18). The molecular formula is C14H15NO4. The zero-order chi connectivity index (χ0) is 14.0. The van der Waals surface area contributed by atoms with Gasteiger partial charge >= 0.3 is 5.97 Å². The van der Waals surface area contributed by atoms with E-state index in [9.17, 15) is 9.59 Å². The predicted molar refractivity (Wildman–Crippen MR) is 68.5 cm³/mol. The summed E-state index contributed by atoms with van der Waals surface area (Å²) < 4.78 is 5.06. The molecule has 0 saturated carbocycles. The third-order valence-electron chi connectivity index (χ3n) is 3.23. The summed E-state index contributed by atoms with van der Waals surface area (Å²) in [6.07, 6.45) is -0.0304. The molecule has 5 nitrogen and oxygen atoms in total. The normalized spacial score (nSPS) is 15.1. The van der Waals surface area contributed by atoms with E-state index in [1.807, 2.05) is 24.3 Å². The van der Waals surface area contributed by atoms with Crippen LogP contribution in [0, 0.1) is 0 Å². The summed E-state index contributed by atoms with van der Waals surface area (Å²) in [4.78, 5) is 24.3. The molecule has 1 amide bonds. The maximum absolute atomic E-state index is 11.8. The van der Waals surface area contributed by atoms with Crippen molar-refractivity contribution in [3.05, 3.63) is 41.1 Å². The van der Waals surface area contributed by atoms with Crippen molar-refractivity contribution in [1.82, 2.24) is 4.90 Å². The SMILES string of the molecule is COc1ccc(CN2C(=O)CC(C(=O)O)=C2C)cc1. The number of methoxy groups -OCH3 is 1. The van der Waals surface area contributed by atoms with Crippen LogP contribution in [0.1, 0.15) is 18.9 Å². The molecule has 1 aromatic rings. The number of carbonyl (C=O) groups excluding carboxylic acids is 1. The Morgan fingerprint density at radius 2 is 2.00 bits per heavy atom. The van der Waals surface area contributed by atoms with Crippen LogP contribution >= 0.6 is 0 Å². The monoisotopic (exact) mass is 261 g/mol. The summed E-state index contributed by atoms with van der Waals surface area (Å²) in [6.45, 7) is 2.04. The Morgan fingerprint density at radius 1 is 1.37 bits per heavy atom. The predicted octanol–water partition coefficient (Wildman–Crippen LogP) is 1.79. The van der Waals surface area contributed by atoms with Gasteiger partial charge in [0.25, 0.3) is 0 Å². The summed E-state index contributed by atoms with van der Waals surface area (Å²) in [6, 6.07) is 7.34. The van der Waals surface area contributed by atoms with Gasteiger partial charge < -0.3 is 14.7 Å². The number of rotatable bonds is 4. The van der Waals surface area contributed by atoms with Crippen molar-refractivity contribution in [3.63, 3.8) is 0 Å². The largest absolute Gasteiger partial charge is 0.497 e. The summed E-state index contributed by atoms with van der Waals surface area (Å²) in [5.74, 6) is -0.455. The third kappa shape index (κ3) is 2.59. The summed E-state index contributed by atoms with van der Waals surface area (Å²) in [5, 5.41) is 9.00. The van der Waals surface area contributed by atoms with E-state index in [0.717, 1.165) is 11.3 Å². The molecule has 1 heterocycles. The molecule has 1 aliphatic rings. The lowest BCUT2D eigenvalue weighted by Crippen LogP contribution is -2.23. The van der Waals surface area contributed by atoms with Gasteiger partial charge in [0.1, 0.15) is 5.75 Å². The Bertz CT molecular complexity index is 545. The van der Waals surface area contributed by atoms with Gasteiger partial charge in [-0.15, -0.1) is 0 Å². The minimum Gasteiger partial charge on any atom is -0.497 e. The lowest BCUT2D eigenvalue weighted by atomic mass is 10.2. The minimum atomic E-state index is -1.02. The highest BCUT2D eigenvalue weighted by Gasteiger charge is 2.30. The number of carboxylic acid groups (broad SMARTS) is 1. The first-order valence-electron chi connectivity index (χ1n) is 5.89. The number of nitrogens with zero attached hydrogens (tertiary/aromatic N) is 1. The number of ether oxygens (including phenoxy) is 1. The van der Waals surface area contributed by atoms with Crippen molar-refractivity contribution in [2.24, 2.45) is 0 Å². The summed E-state index contributed by atoms with van der Waals surface area (Å²) in [5.41, 5.74) is 1.63. The molecule has 1 aliphatic heterocycles. The van der Waals surface area contributed by atoms with E-state index in [-0.39, 0.29) is 17.9 Å². The van der Waals surface area contributed by atoms with Gasteiger partial charge in [0.15, 0.2) is 0 Å². The van der Waals surface area contributed by atoms with Gasteiger partial charge in [0.05, 0.1) is 25.6 Å². The molecule has 0 aromatic heterocycles. The molecule has 0 aliphatic carbocycles. The zero-order valence-corrected chi connectivity index (χ0v) is 10.8. The van der Waals surface area contributed by atoms with Gasteiger partial charge in [-0.25, -0.2) is 4.79 Å². The zero-order valence-electron chi connectivity index (χ0n) is 10.8. The van der Waals surface area contributed by atoms with Gasteiger partial charge in [-0.05, 0) is 24.6 Å². The number of amides is 1. The Morgan fingerprint density at radius 3 is 2.47 bits per heavy atom. The number of aliphatic carboxylic acids is 1. The number of carboxylic acids is 1. The average Bonchev–Trinajstić information content (AvgIpc) is 2.68. The molecule has 0 bridgehead atoms. The third-order valence-corrected chi connectivity index (χ3v) is 3.23. The number of hydrogen-bond donors (Lipinski definition) is 1. The first-order chi connectivity index (χ1) is 9.02. The molecule has 0 unspecified atom stereocenters. The Labute approximate surface area is 111 Å². The van der Waals surface area contributed by atoms with Gasteiger partial charge in [0.2, 0.25) is 5.91 Å². The fraction of sp³-hybridized carbons (Fsp3) is 0.286. The maximum atomic E-state index is 11.8. The molecule has 0 saturated heterocycles. The molecule has 0 fully saturated rings. The lowest BCUT2D eigenvalue weighted by Gasteiger charge is -2.18. The van der Waals surface area contributed by atoms with Gasteiger partial charge in [-0.1, -0.05) is 12.1 Å². The van der Waals surface area contributed by atoms with Crippen molar-refractivity contribution in [2.45, 2.75) is 19.9 Å². The molecule has 2 rings (SSSR count). The molecular weight excluding hydrogens is 246 g/mol. The van der Waals surface area contributed by atoms with Gasteiger partial charge in [-0.3, -0.25) is 4.79 Å². The number of carbonyl (C=O) groups is 2. The smallest absolute Gasteiger partial charge is 0.333 e. The minimum absolute atomic E-state index is 0.0304. The van der Waals surface area contributed by atoms with Gasteiger partial charge in [0, 0.05) is 5.70 Å². The highest BCUT2D eigenvalue weighted by atomic mass is 16.5. The summed E-state index contributed by atoms with van der Waals surface area (Å²) >= 11 is 0. The van der Waals surface area contributed by atoms with Crippen molar-refractivity contribution in [2.75, 3.05) is 7.11 Å². The molecule has 1 N–H and O–H groups in total. The number of allylic oxidation sites excluding steroid dienone is 1. The van der Waals surface area contributed by atoms with Crippen LogP contribution in [-0.4, -0.2) is 29.0 Å². The molecule has 0 radical (unpaired) electrons. The fourth-order valence-electron chi connectivity index (χ4n) is 2.08. The second-order valence-corrected chi connectivity index (χ2v) is 4.37. The molecule has 1 aromatic carbocycles. The van der Waals surface area contributed by atoms with Crippen LogP contribution in [0.5, 0.6) is 5.75 Å². The lowest BCUT2D eigenvalue weighted by molar-refractivity contribution is -0.134. The molecule has 0 spiro atoms. The molecule has 100 valence electrons. The van der Waals surface area contributed by atoms with E-state index in [4.69, 9.17) is 9.84 Å². The fourth-order valence-corrected chi connectivity index (χ4v) is 2.08. The van der Waals surface area contributed by atoms with E-state index in [1.54, 1.807) is 14.0 Å². The van der Waals surface area contributed by atoms with E-state index in [0.29, 0.717) is 12.2 Å². The van der Waals surface area contributed by atoms with Crippen LogP contribution < -0.4 is 4.74 Å². The molecule has 19 heavy (non-hydrogen) atoms. The van der Waals surface area contributed by atoms with Crippen LogP contribution in [-0.2, 0) is 16.1 Å². The van der Waals surface area contributed by atoms with Crippen molar-refractivity contribution < 1.29 is 19.4 Å². The number of benzene rings is 1. The average molecular weight is 261 g/mol. The number of hydrogen-bond acceptors (Lipinski definition) is 3. The van der Waals surface area contributed by atoms with Crippen LogP contribution in [0.2, 0.25) is 0 Å². The first-order valence-corrected chi connectivity index (χ1v) is 5.89. The Kier molecular flexibility index (Phi) is 3.55. The second-order valence-electron chi connectivity index (χ2n) is 4.37. The van der Waals surface area contributed by atoms with E-state index >= 15 is 0 Å². The highest BCUT2D eigenvalue weighted by molar-refractivity contribution is 5.99. The maximum Gasteiger partial charge on any atom is 0.333 e. The van der Waals surface area contributed by atoms with Crippen molar-refractivity contribution in [1.29, 1.82) is 0 Å². The van der Waals surface area contributed by atoms with Crippen LogP contribution in [0.15, 0.2) is 35.5 Å². The van der Waals surface area contributed by atoms with Crippen LogP contribution in [0.4, 0.5) is 0 Å². The van der Waals surface area contributed by atoms with E-state index in [1.165, 1.54) is 4.90 Å². The summed E-state index contributed by atoms with van der Waals surface area (Å²) in [7, 11) is 1.59. The van der Waals surface area contributed by atoms with Crippen molar-refractivity contribution in [3.8, 4) is 5.75 Å². The van der Waals surface area contributed by atoms with E-state index in [2.05, 4.69) is 0 Å². The molecule has 5 heteroatoms. The van der Waals surface area contributed by atoms with Crippen LogP contribution in [0.25, 0.3) is 0 Å². The first kappa shape index (κ1) is 13.1. The quantitative estimate of drug-likeness (QED) is 0.897. The Hall–Kier alpha value is -2.30. The Balaban J connectivity index is 2.18. The molecule has 0 atom stereocenters. The van der Waals surface area contributed by atoms with Gasteiger partial charge in [-0.2, -0.15) is 0 Å². The van der Waals surface area contributed by atoms with Crippen LogP contribution in [0.3, 0.4) is 0 Å².